The van der Waals surface area contributed by atoms with Crippen molar-refractivity contribution < 1.29 is 63.5 Å². The Morgan fingerprint density at radius 3 is 1.10 bits per heavy atom. The molecule has 0 saturated carbocycles. The molecule has 0 bridgehead atoms. The number of esters is 2. The Kier molecular flexibility index (Phi) is 43.4. The number of nitrogens with zero attached hydrogens (tertiary/aromatic N) is 5. The molecule has 0 spiro atoms. The highest BCUT2D eigenvalue weighted by atomic mass is 16.6. The number of rotatable bonds is 52. The van der Waals surface area contributed by atoms with Gasteiger partial charge in [-0.2, -0.15) is 0 Å². The normalized spacial score (nSPS) is 11.9. The third-order valence-corrected chi connectivity index (χ3v) is 12.7. The standard InChI is InChI=1S/C53H99N5O13/c1-5-7-9-11-13-15-17-19-21-23-25-27-29-31-52(68)70-45-46(71-53(69)32-30-28-26-24-22-20-18-16-14-12-10-8-6-2)39-54(3)33-34-55(4)47(59)40-57(42-49(62)63)37-35-56(41-48(60)61)36-38-58(43-50(64)65)44-51(66)67/h46H,5-45H2,1-4H3,(H,60,61)(H,62,63)(H,64,65)(H,66,67). The number of hydrogen-bond acceptors (Lipinski definition) is 13. The van der Waals surface area contributed by atoms with E-state index in [0.29, 0.717) is 13.0 Å². The van der Waals surface area contributed by atoms with Gasteiger partial charge in [-0.3, -0.25) is 48.3 Å². The molecule has 4 N–H and O–H groups in total. The molecule has 0 aliphatic rings. The van der Waals surface area contributed by atoms with Gasteiger partial charge < -0.3 is 39.7 Å². The van der Waals surface area contributed by atoms with E-state index < -0.39 is 56.2 Å². The minimum Gasteiger partial charge on any atom is -0.480 e. The summed E-state index contributed by atoms with van der Waals surface area (Å²) in [6.45, 7) is 2.77. The summed E-state index contributed by atoms with van der Waals surface area (Å²) in [7, 11) is 3.39. The Labute approximate surface area is 427 Å². The third-order valence-electron chi connectivity index (χ3n) is 12.7. The topological polar surface area (TPSA) is 235 Å². The highest BCUT2D eigenvalue weighted by Crippen LogP contribution is 2.15. The molecular weight excluding hydrogens is 915 g/mol. The molecule has 1 unspecified atom stereocenters. The van der Waals surface area contributed by atoms with E-state index in [-0.39, 0.29) is 76.7 Å². The molecule has 0 aromatic carbocycles. The zero-order valence-corrected chi connectivity index (χ0v) is 44.8. The molecule has 18 nitrogen and oxygen atoms in total. The summed E-state index contributed by atoms with van der Waals surface area (Å²) in [4.78, 5) is 92.3. The lowest BCUT2D eigenvalue weighted by molar-refractivity contribution is -0.160. The van der Waals surface area contributed by atoms with Crippen LogP contribution in [0.4, 0.5) is 0 Å². The Bertz CT molecular complexity index is 1410. The molecule has 0 fully saturated rings. The monoisotopic (exact) mass is 1010 g/mol. The first-order valence-electron chi connectivity index (χ1n) is 27.4. The van der Waals surface area contributed by atoms with Crippen LogP contribution in [0.2, 0.25) is 0 Å². The average Bonchev–Trinajstić information content (AvgIpc) is 3.30. The first kappa shape index (κ1) is 67.1. The number of carboxylic acid groups (broad SMARTS) is 4. The second kappa shape index (κ2) is 46.0. The molecule has 1 amide bonds. The van der Waals surface area contributed by atoms with E-state index in [1.807, 2.05) is 11.9 Å². The van der Waals surface area contributed by atoms with Gasteiger partial charge in [0.25, 0.3) is 0 Å². The Morgan fingerprint density at radius 2 is 0.718 bits per heavy atom. The number of likely N-dealkylation sites (N-methyl/N-ethyl adjacent to an activating group) is 2. The molecule has 0 heterocycles. The lowest BCUT2D eigenvalue weighted by atomic mass is 10.0. The van der Waals surface area contributed by atoms with Gasteiger partial charge in [0.2, 0.25) is 5.91 Å². The van der Waals surface area contributed by atoms with Crippen molar-refractivity contribution in [1.82, 2.24) is 24.5 Å². The summed E-state index contributed by atoms with van der Waals surface area (Å²) in [6, 6.07) is 0. The van der Waals surface area contributed by atoms with Crippen LogP contribution in [-0.4, -0.2) is 192 Å². The van der Waals surface area contributed by atoms with Gasteiger partial charge in [0.15, 0.2) is 0 Å². The molecule has 0 aliphatic carbocycles. The molecule has 414 valence electrons. The molecule has 1 atom stereocenters. The number of amides is 1. The summed E-state index contributed by atoms with van der Waals surface area (Å²) < 4.78 is 11.5. The highest BCUT2D eigenvalue weighted by Gasteiger charge is 2.23. The molecule has 0 radical (unpaired) electrons. The zero-order valence-electron chi connectivity index (χ0n) is 44.8. The van der Waals surface area contributed by atoms with E-state index in [1.165, 1.54) is 137 Å². The minimum absolute atomic E-state index is 0.0107. The second-order valence-electron chi connectivity index (χ2n) is 19.6. The largest absolute Gasteiger partial charge is 0.480 e. The predicted molar refractivity (Wildman–Crippen MR) is 276 cm³/mol. The Morgan fingerprint density at radius 1 is 0.394 bits per heavy atom. The fourth-order valence-electron chi connectivity index (χ4n) is 8.43. The Balaban J connectivity index is 5.21. The number of carbonyl (C=O) groups is 7. The van der Waals surface area contributed by atoms with Crippen molar-refractivity contribution in [3.63, 3.8) is 0 Å². The number of carbonyl (C=O) groups excluding carboxylic acids is 3. The number of aliphatic carboxylic acids is 4. The third kappa shape index (κ3) is 44.6. The minimum atomic E-state index is -1.24. The number of unbranched alkanes of at least 4 members (excludes halogenated alkanes) is 24. The number of hydrogen-bond donors (Lipinski definition) is 4. The van der Waals surface area contributed by atoms with E-state index in [1.54, 1.807) is 7.05 Å². The summed E-state index contributed by atoms with van der Waals surface area (Å²) >= 11 is 0. The van der Waals surface area contributed by atoms with Gasteiger partial charge >= 0.3 is 35.8 Å². The van der Waals surface area contributed by atoms with Crippen molar-refractivity contribution in [1.29, 1.82) is 0 Å². The maximum absolute atomic E-state index is 13.4. The van der Waals surface area contributed by atoms with Crippen molar-refractivity contribution in [2.24, 2.45) is 0 Å². The molecule has 18 heteroatoms. The van der Waals surface area contributed by atoms with E-state index in [9.17, 15) is 43.8 Å². The molecule has 71 heavy (non-hydrogen) atoms. The summed E-state index contributed by atoms with van der Waals surface area (Å²) in [5, 5.41) is 37.4. The van der Waals surface area contributed by atoms with Crippen molar-refractivity contribution in [2.45, 2.75) is 200 Å². The van der Waals surface area contributed by atoms with Gasteiger partial charge in [0.1, 0.15) is 12.7 Å². The first-order valence-corrected chi connectivity index (χ1v) is 27.4. The lowest BCUT2D eigenvalue weighted by Gasteiger charge is -2.29. The van der Waals surface area contributed by atoms with Crippen LogP contribution in [-0.2, 0) is 43.0 Å². The van der Waals surface area contributed by atoms with Gasteiger partial charge in [-0.25, -0.2) is 0 Å². The first-order chi connectivity index (χ1) is 34.1. The van der Waals surface area contributed by atoms with Crippen molar-refractivity contribution >= 4 is 41.7 Å². The molecule has 0 rings (SSSR count). The van der Waals surface area contributed by atoms with Gasteiger partial charge in [0, 0.05) is 65.7 Å². The maximum Gasteiger partial charge on any atom is 0.317 e. The van der Waals surface area contributed by atoms with E-state index in [4.69, 9.17) is 19.7 Å². The zero-order chi connectivity index (χ0) is 52.9. The maximum atomic E-state index is 13.4. The summed E-state index contributed by atoms with van der Waals surface area (Å²) in [6.07, 6.45) is 31.1. The van der Waals surface area contributed by atoms with Crippen LogP contribution in [0.25, 0.3) is 0 Å². The average molecular weight is 1010 g/mol. The lowest BCUT2D eigenvalue weighted by Crippen LogP contribution is -2.47. The van der Waals surface area contributed by atoms with E-state index in [2.05, 4.69) is 13.8 Å². The van der Waals surface area contributed by atoms with E-state index in [0.717, 1.165) is 49.8 Å². The van der Waals surface area contributed by atoms with Crippen LogP contribution in [0.1, 0.15) is 194 Å². The van der Waals surface area contributed by atoms with Crippen LogP contribution in [0, 0.1) is 0 Å². The fraction of sp³-hybridized carbons (Fsp3) is 0.868. The molecule has 0 aromatic heterocycles. The highest BCUT2D eigenvalue weighted by molar-refractivity contribution is 5.79. The molecule has 0 aliphatic heterocycles. The van der Waals surface area contributed by atoms with Crippen molar-refractivity contribution in [2.75, 3.05) is 99.2 Å². The van der Waals surface area contributed by atoms with Crippen molar-refractivity contribution in [3.8, 4) is 0 Å². The molecule has 0 aromatic rings. The fourth-order valence-corrected chi connectivity index (χ4v) is 8.43. The Hall–Kier alpha value is -3.87. The quantitative estimate of drug-likeness (QED) is 0.0333. The van der Waals surface area contributed by atoms with Crippen molar-refractivity contribution in [3.05, 3.63) is 0 Å². The summed E-state index contributed by atoms with van der Waals surface area (Å²) in [5.74, 6) is -5.93. The van der Waals surface area contributed by atoms with Gasteiger partial charge in [0.05, 0.1) is 32.7 Å². The number of carboxylic acids is 4. The van der Waals surface area contributed by atoms with Gasteiger partial charge in [-0.05, 0) is 19.9 Å². The van der Waals surface area contributed by atoms with Crippen LogP contribution < -0.4 is 0 Å². The summed E-state index contributed by atoms with van der Waals surface area (Å²) in [5.41, 5.74) is 0. The van der Waals surface area contributed by atoms with Gasteiger partial charge in [-0.15, -0.1) is 0 Å². The number of ether oxygens (including phenoxy) is 2. The second-order valence-corrected chi connectivity index (χ2v) is 19.6. The van der Waals surface area contributed by atoms with E-state index >= 15 is 0 Å². The van der Waals surface area contributed by atoms with Crippen LogP contribution in [0.15, 0.2) is 0 Å². The van der Waals surface area contributed by atoms with Gasteiger partial charge in [-0.1, -0.05) is 168 Å². The smallest absolute Gasteiger partial charge is 0.317 e. The van der Waals surface area contributed by atoms with Crippen LogP contribution >= 0.6 is 0 Å². The SMILES string of the molecule is CCCCCCCCCCCCCCCC(=O)OCC(CN(C)CCN(C)C(=O)CN(CCN(CCN(CC(=O)O)CC(=O)O)CC(=O)O)CC(=O)O)OC(=O)CCCCCCCCCCCCCCC. The molecule has 0 saturated heterocycles. The molecular formula is C53H99N5O13. The van der Waals surface area contributed by atoms with Crippen LogP contribution in [0.5, 0.6) is 0 Å². The predicted octanol–water partition coefficient (Wildman–Crippen LogP) is 8.04. The van der Waals surface area contributed by atoms with Crippen LogP contribution in [0.3, 0.4) is 0 Å².